The maximum absolute atomic E-state index is 9.35. The molecule has 0 spiro atoms. The van der Waals surface area contributed by atoms with E-state index in [9.17, 15) is 5.26 Å². The summed E-state index contributed by atoms with van der Waals surface area (Å²) >= 11 is 0. The molecule has 0 bridgehead atoms. The van der Waals surface area contributed by atoms with E-state index >= 15 is 0 Å². The summed E-state index contributed by atoms with van der Waals surface area (Å²) in [5.41, 5.74) is 11.1. The molecular weight excluding hydrogens is 258 g/mol. The van der Waals surface area contributed by atoms with Gasteiger partial charge in [0.15, 0.2) is 0 Å². The van der Waals surface area contributed by atoms with E-state index < -0.39 is 0 Å². The lowest BCUT2D eigenvalue weighted by Gasteiger charge is -2.14. The summed E-state index contributed by atoms with van der Waals surface area (Å²) in [6.45, 7) is 7.22. The fourth-order valence-corrected chi connectivity index (χ4v) is 2.55. The quantitative estimate of drug-likeness (QED) is 0.904. The van der Waals surface area contributed by atoms with Gasteiger partial charge >= 0.3 is 0 Å². The smallest absolute Gasteiger partial charge is 0.122 e. The van der Waals surface area contributed by atoms with Gasteiger partial charge in [-0.25, -0.2) is 0 Å². The molecule has 1 aromatic carbocycles. The molecule has 0 radical (unpaired) electrons. The molecule has 0 saturated carbocycles. The molecule has 0 atom stereocenters. The molecule has 0 saturated heterocycles. The molecule has 3 heteroatoms. The maximum atomic E-state index is 9.35. The number of benzene rings is 1. The molecule has 1 heterocycles. The molecule has 110 valence electrons. The van der Waals surface area contributed by atoms with E-state index in [0.717, 1.165) is 24.2 Å². The first-order valence-corrected chi connectivity index (χ1v) is 7.45. The van der Waals surface area contributed by atoms with Gasteiger partial charge in [-0.1, -0.05) is 38.1 Å². The van der Waals surface area contributed by atoms with Crippen LogP contribution in [0.5, 0.6) is 0 Å². The summed E-state index contributed by atoms with van der Waals surface area (Å²) < 4.78 is 2.07. The summed E-state index contributed by atoms with van der Waals surface area (Å²) in [6.07, 6.45) is 1.99. The van der Waals surface area contributed by atoms with E-state index in [1.165, 1.54) is 11.1 Å². The molecule has 2 aromatic rings. The Morgan fingerprint density at radius 2 is 2.00 bits per heavy atom. The summed E-state index contributed by atoms with van der Waals surface area (Å²) in [5, 5.41) is 9.35. The van der Waals surface area contributed by atoms with Crippen LogP contribution in [-0.2, 0) is 13.0 Å². The minimum Gasteiger partial charge on any atom is -0.397 e. The number of nitriles is 1. The average Bonchev–Trinajstić information content (AvgIpc) is 2.74. The van der Waals surface area contributed by atoms with Crippen LogP contribution in [0.25, 0.3) is 0 Å². The summed E-state index contributed by atoms with van der Waals surface area (Å²) in [4.78, 5) is 0. The highest BCUT2D eigenvalue weighted by Gasteiger charge is 2.14. The lowest BCUT2D eigenvalue weighted by atomic mass is 10.1. The third kappa shape index (κ3) is 3.46. The lowest BCUT2D eigenvalue weighted by molar-refractivity contribution is 0.568. The van der Waals surface area contributed by atoms with Crippen LogP contribution < -0.4 is 5.73 Å². The first-order valence-electron chi connectivity index (χ1n) is 7.45. The standard InChI is InChI=1S/C18H23N3/c1-13(2)8-9-18-17(20)10-16(11-19)21(18)12-15-7-5-4-6-14(15)3/h4-7,10,13H,8-9,12,20H2,1-3H3. The van der Waals surface area contributed by atoms with Crippen LogP contribution in [0, 0.1) is 24.2 Å². The van der Waals surface area contributed by atoms with Crippen LogP contribution >= 0.6 is 0 Å². The molecule has 2 rings (SSSR count). The molecule has 0 aliphatic heterocycles. The third-order valence-corrected chi connectivity index (χ3v) is 3.90. The van der Waals surface area contributed by atoms with Crippen LogP contribution in [0.1, 0.15) is 42.8 Å². The van der Waals surface area contributed by atoms with E-state index in [0.29, 0.717) is 18.2 Å². The van der Waals surface area contributed by atoms with Crippen molar-refractivity contribution in [3.63, 3.8) is 0 Å². The second-order valence-corrected chi connectivity index (χ2v) is 5.99. The van der Waals surface area contributed by atoms with Crippen molar-refractivity contribution in [2.45, 2.75) is 40.2 Å². The van der Waals surface area contributed by atoms with Gasteiger partial charge in [0, 0.05) is 12.2 Å². The Balaban J connectivity index is 2.37. The molecule has 21 heavy (non-hydrogen) atoms. The second kappa shape index (κ2) is 6.49. The van der Waals surface area contributed by atoms with E-state index in [2.05, 4.69) is 43.5 Å². The van der Waals surface area contributed by atoms with Crippen molar-refractivity contribution < 1.29 is 0 Å². The Bertz CT molecular complexity index is 660. The van der Waals surface area contributed by atoms with Crippen molar-refractivity contribution in [2.75, 3.05) is 5.73 Å². The van der Waals surface area contributed by atoms with Crippen molar-refractivity contribution in [3.8, 4) is 6.07 Å². The van der Waals surface area contributed by atoms with Crippen molar-refractivity contribution in [1.82, 2.24) is 4.57 Å². The van der Waals surface area contributed by atoms with Crippen molar-refractivity contribution >= 4 is 5.69 Å². The van der Waals surface area contributed by atoms with Gasteiger partial charge in [-0.2, -0.15) is 5.26 Å². The van der Waals surface area contributed by atoms with Gasteiger partial charge in [0.05, 0.1) is 5.69 Å². The minimum absolute atomic E-state index is 0.622. The average molecular weight is 281 g/mol. The molecule has 0 unspecified atom stereocenters. The number of nitrogens with two attached hydrogens (primary N) is 1. The summed E-state index contributed by atoms with van der Waals surface area (Å²) in [7, 11) is 0. The number of aryl methyl sites for hydroxylation is 1. The van der Waals surface area contributed by atoms with Gasteiger partial charge in [-0.3, -0.25) is 0 Å². The predicted molar refractivity (Wildman–Crippen MR) is 87.0 cm³/mol. The van der Waals surface area contributed by atoms with E-state index in [1.54, 1.807) is 6.07 Å². The normalized spacial score (nSPS) is 10.8. The minimum atomic E-state index is 0.622. The molecular formula is C18H23N3. The number of anilines is 1. The highest BCUT2D eigenvalue weighted by Crippen LogP contribution is 2.23. The Morgan fingerprint density at radius 3 is 2.62 bits per heavy atom. The van der Waals surface area contributed by atoms with Gasteiger partial charge in [0.2, 0.25) is 0 Å². The summed E-state index contributed by atoms with van der Waals surface area (Å²) in [5.74, 6) is 0.622. The van der Waals surface area contributed by atoms with Crippen LogP contribution in [-0.4, -0.2) is 4.57 Å². The van der Waals surface area contributed by atoms with Crippen LogP contribution in [0.4, 0.5) is 5.69 Å². The lowest BCUT2D eigenvalue weighted by Crippen LogP contribution is -2.09. The Kier molecular flexibility index (Phi) is 4.70. The molecule has 0 fully saturated rings. The highest BCUT2D eigenvalue weighted by atomic mass is 15.0. The molecule has 0 aliphatic rings. The van der Waals surface area contributed by atoms with Gasteiger partial charge in [0.25, 0.3) is 0 Å². The zero-order valence-electron chi connectivity index (χ0n) is 13.1. The zero-order valence-corrected chi connectivity index (χ0v) is 13.1. The SMILES string of the molecule is Cc1ccccc1Cn1c(C#N)cc(N)c1CCC(C)C. The number of aromatic nitrogens is 1. The van der Waals surface area contributed by atoms with Gasteiger partial charge in [-0.15, -0.1) is 0 Å². The topological polar surface area (TPSA) is 54.7 Å². The van der Waals surface area contributed by atoms with Crippen LogP contribution in [0.15, 0.2) is 30.3 Å². The van der Waals surface area contributed by atoms with Gasteiger partial charge in [0.1, 0.15) is 11.8 Å². The zero-order chi connectivity index (χ0) is 15.4. The number of rotatable bonds is 5. The van der Waals surface area contributed by atoms with Crippen molar-refractivity contribution in [3.05, 3.63) is 52.8 Å². The van der Waals surface area contributed by atoms with Crippen molar-refractivity contribution in [1.29, 1.82) is 5.26 Å². The fourth-order valence-electron chi connectivity index (χ4n) is 2.55. The van der Waals surface area contributed by atoms with E-state index in [-0.39, 0.29) is 0 Å². The first kappa shape index (κ1) is 15.2. The third-order valence-electron chi connectivity index (χ3n) is 3.90. The van der Waals surface area contributed by atoms with Crippen LogP contribution in [0.3, 0.4) is 0 Å². The first-order chi connectivity index (χ1) is 10.0. The van der Waals surface area contributed by atoms with E-state index in [1.807, 2.05) is 12.1 Å². The fraction of sp³-hybridized carbons (Fsp3) is 0.389. The van der Waals surface area contributed by atoms with Crippen LogP contribution in [0.2, 0.25) is 0 Å². The summed E-state index contributed by atoms with van der Waals surface area (Å²) in [6, 6.07) is 12.3. The number of nitrogen functional groups attached to an aromatic ring is 1. The van der Waals surface area contributed by atoms with Crippen molar-refractivity contribution in [2.24, 2.45) is 5.92 Å². The number of hydrogen-bond acceptors (Lipinski definition) is 2. The highest BCUT2D eigenvalue weighted by molar-refractivity contribution is 5.51. The number of hydrogen-bond donors (Lipinski definition) is 1. The molecule has 2 N–H and O–H groups in total. The Hall–Kier alpha value is -2.21. The monoisotopic (exact) mass is 281 g/mol. The largest absolute Gasteiger partial charge is 0.397 e. The van der Waals surface area contributed by atoms with Gasteiger partial charge < -0.3 is 10.3 Å². The molecule has 1 aromatic heterocycles. The molecule has 0 amide bonds. The number of nitrogens with zero attached hydrogens (tertiary/aromatic N) is 2. The Morgan fingerprint density at radius 1 is 1.29 bits per heavy atom. The van der Waals surface area contributed by atoms with E-state index in [4.69, 9.17) is 5.73 Å². The maximum Gasteiger partial charge on any atom is 0.122 e. The Labute approximate surface area is 127 Å². The van der Waals surface area contributed by atoms with Gasteiger partial charge in [-0.05, 0) is 42.9 Å². The molecule has 3 nitrogen and oxygen atoms in total. The second-order valence-electron chi connectivity index (χ2n) is 5.99. The predicted octanol–water partition coefficient (Wildman–Crippen LogP) is 3.89. The molecule has 0 aliphatic carbocycles.